The highest BCUT2D eigenvalue weighted by molar-refractivity contribution is 6.33. The van der Waals surface area contributed by atoms with Crippen molar-refractivity contribution in [2.24, 2.45) is 0 Å². The van der Waals surface area contributed by atoms with E-state index in [1.54, 1.807) is 0 Å². The molecule has 0 spiro atoms. The van der Waals surface area contributed by atoms with Crippen LogP contribution < -0.4 is 10.5 Å². The van der Waals surface area contributed by atoms with Crippen LogP contribution in [0.15, 0.2) is 11.0 Å². The van der Waals surface area contributed by atoms with E-state index in [9.17, 15) is 9.59 Å². The van der Waals surface area contributed by atoms with Gasteiger partial charge in [-0.2, -0.15) is 5.10 Å². The van der Waals surface area contributed by atoms with Crippen LogP contribution in [0.3, 0.4) is 0 Å². The maximum atomic E-state index is 12.1. The van der Waals surface area contributed by atoms with E-state index in [1.807, 2.05) is 16.7 Å². The lowest BCUT2D eigenvalue weighted by atomic mass is 10.3. The van der Waals surface area contributed by atoms with Crippen LogP contribution in [-0.4, -0.2) is 47.2 Å². The minimum atomic E-state index is -0.429. The molecule has 1 fully saturated rings. The van der Waals surface area contributed by atoms with Gasteiger partial charge < -0.3 is 9.80 Å². The number of aromatic nitrogens is 2. The maximum Gasteiger partial charge on any atom is 0.285 e. The molecule has 1 aliphatic heterocycles. The number of carbonyl (C=O) groups excluding carboxylic acids is 1. The Bertz CT molecular complexity index is 517. The second kappa shape index (κ2) is 6.06. The quantitative estimate of drug-likeness (QED) is 0.894. The van der Waals surface area contributed by atoms with Gasteiger partial charge in [-0.15, -0.1) is 0 Å². The summed E-state index contributed by atoms with van der Waals surface area (Å²) in [5.74, 6) is 0.0655. The lowest BCUT2D eigenvalue weighted by molar-refractivity contribution is -0.129. The van der Waals surface area contributed by atoms with E-state index in [0.29, 0.717) is 12.2 Å². The molecule has 2 rings (SSSR count). The molecule has 1 aromatic rings. The number of nitrogens with one attached hydrogen (secondary N) is 1. The average molecular weight is 285 g/mol. The summed E-state index contributed by atoms with van der Waals surface area (Å²) < 4.78 is 0. The highest BCUT2D eigenvalue weighted by Gasteiger charge is 2.23. The summed E-state index contributed by atoms with van der Waals surface area (Å²) in [4.78, 5) is 27.2. The highest BCUT2D eigenvalue weighted by Crippen LogP contribution is 2.22. The lowest BCUT2D eigenvalue weighted by Gasteiger charge is -2.22. The second-order valence-electron chi connectivity index (χ2n) is 4.55. The van der Waals surface area contributed by atoms with E-state index in [4.69, 9.17) is 11.6 Å². The molecule has 2 heterocycles. The fourth-order valence-electron chi connectivity index (χ4n) is 2.23. The fraction of sp³-hybridized carbons (Fsp3) is 0.583. The number of halogens is 1. The third-order valence-corrected chi connectivity index (χ3v) is 3.51. The van der Waals surface area contributed by atoms with Gasteiger partial charge >= 0.3 is 0 Å². The second-order valence-corrected chi connectivity index (χ2v) is 4.93. The van der Waals surface area contributed by atoms with Crippen molar-refractivity contribution in [1.82, 2.24) is 15.1 Å². The van der Waals surface area contributed by atoms with Crippen molar-refractivity contribution in [3.05, 3.63) is 21.6 Å². The molecule has 1 amide bonds. The van der Waals surface area contributed by atoms with Gasteiger partial charge in [-0.3, -0.25) is 9.59 Å². The molecule has 19 heavy (non-hydrogen) atoms. The molecule has 0 bridgehead atoms. The standard InChI is InChI=1S/C12H17ClN4O2/c1-2-4-16-5-3-6-17(8-10(16)18)9-7-14-15-12(19)11(9)13/h7H,2-6,8H2,1H3,(H,15,19). The summed E-state index contributed by atoms with van der Waals surface area (Å²) in [6.45, 7) is 4.50. The van der Waals surface area contributed by atoms with Crippen molar-refractivity contribution in [2.45, 2.75) is 19.8 Å². The zero-order valence-corrected chi connectivity index (χ0v) is 11.6. The Labute approximate surface area is 116 Å². The van der Waals surface area contributed by atoms with Gasteiger partial charge in [-0.1, -0.05) is 18.5 Å². The van der Waals surface area contributed by atoms with Gasteiger partial charge in [0.2, 0.25) is 5.91 Å². The molecule has 1 N–H and O–H groups in total. The van der Waals surface area contributed by atoms with Crippen LogP contribution in [0.1, 0.15) is 19.8 Å². The minimum absolute atomic E-state index is 0.0655. The highest BCUT2D eigenvalue weighted by atomic mass is 35.5. The first-order valence-corrected chi connectivity index (χ1v) is 6.77. The number of amides is 1. The molecule has 104 valence electrons. The Morgan fingerprint density at radius 2 is 2.21 bits per heavy atom. The zero-order chi connectivity index (χ0) is 13.8. The molecule has 0 saturated carbocycles. The first-order valence-electron chi connectivity index (χ1n) is 6.39. The number of aromatic amines is 1. The molecule has 1 saturated heterocycles. The lowest BCUT2D eigenvalue weighted by Crippen LogP contribution is -2.37. The Morgan fingerprint density at radius 3 is 2.95 bits per heavy atom. The Kier molecular flexibility index (Phi) is 4.42. The van der Waals surface area contributed by atoms with Crippen molar-refractivity contribution >= 4 is 23.2 Å². The summed E-state index contributed by atoms with van der Waals surface area (Å²) in [6, 6.07) is 0. The predicted octanol–water partition coefficient (Wildman–Crippen LogP) is 0.872. The smallest absolute Gasteiger partial charge is 0.285 e. The van der Waals surface area contributed by atoms with Crippen LogP contribution in [0.2, 0.25) is 5.02 Å². The number of hydrogen-bond acceptors (Lipinski definition) is 4. The van der Waals surface area contributed by atoms with E-state index in [-0.39, 0.29) is 17.5 Å². The molecular formula is C12H17ClN4O2. The normalized spacial score (nSPS) is 16.6. The van der Waals surface area contributed by atoms with Gasteiger partial charge in [-0.25, -0.2) is 5.10 Å². The molecular weight excluding hydrogens is 268 g/mol. The molecule has 0 atom stereocenters. The third-order valence-electron chi connectivity index (χ3n) is 3.15. The van der Waals surface area contributed by atoms with Crippen LogP contribution >= 0.6 is 11.6 Å². The Hall–Kier alpha value is -1.56. The summed E-state index contributed by atoms with van der Waals surface area (Å²) >= 11 is 5.97. The molecule has 7 heteroatoms. The van der Waals surface area contributed by atoms with E-state index < -0.39 is 5.56 Å². The van der Waals surface area contributed by atoms with Gasteiger partial charge in [0.05, 0.1) is 18.4 Å². The van der Waals surface area contributed by atoms with Crippen LogP contribution in [0.25, 0.3) is 0 Å². The van der Waals surface area contributed by atoms with Crippen molar-refractivity contribution in [3.8, 4) is 0 Å². The molecule has 6 nitrogen and oxygen atoms in total. The van der Waals surface area contributed by atoms with Crippen molar-refractivity contribution < 1.29 is 4.79 Å². The number of hydrogen-bond donors (Lipinski definition) is 1. The van der Waals surface area contributed by atoms with E-state index in [0.717, 1.165) is 25.9 Å². The predicted molar refractivity (Wildman–Crippen MR) is 73.6 cm³/mol. The topological polar surface area (TPSA) is 69.3 Å². The summed E-state index contributed by atoms with van der Waals surface area (Å²) in [5, 5.41) is 6.11. The number of carbonyl (C=O) groups is 1. The van der Waals surface area contributed by atoms with Crippen LogP contribution in [0.4, 0.5) is 5.69 Å². The van der Waals surface area contributed by atoms with E-state index >= 15 is 0 Å². The van der Waals surface area contributed by atoms with Crippen LogP contribution in [-0.2, 0) is 4.79 Å². The maximum absolute atomic E-state index is 12.1. The SMILES string of the molecule is CCCN1CCCN(c2cn[nH]c(=O)c2Cl)CC1=O. The first-order chi connectivity index (χ1) is 9.13. The molecule has 0 aliphatic carbocycles. The van der Waals surface area contributed by atoms with Crippen LogP contribution in [0, 0.1) is 0 Å². The van der Waals surface area contributed by atoms with Crippen molar-refractivity contribution in [3.63, 3.8) is 0 Å². The number of anilines is 1. The Morgan fingerprint density at radius 1 is 1.42 bits per heavy atom. The fourth-order valence-corrected chi connectivity index (χ4v) is 2.44. The molecule has 0 unspecified atom stereocenters. The molecule has 0 radical (unpaired) electrons. The first kappa shape index (κ1) is 13.9. The van der Waals surface area contributed by atoms with Crippen molar-refractivity contribution in [1.29, 1.82) is 0 Å². The van der Waals surface area contributed by atoms with Crippen LogP contribution in [0.5, 0.6) is 0 Å². The van der Waals surface area contributed by atoms with Gasteiger partial charge in [0, 0.05) is 19.6 Å². The Balaban J connectivity index is 2.20. The van der Waals surface area contributed by atoms with Gasteiger partial charge in [0.1, 0.15) is 5.02 Å². The van der Waals surface area contributed by atoms with Crippen molar-refractivity contribution in [2.75, 3.05) is 31.1 Å². The van der Waals surface area contributed by atoms with Gasteiger partial charge in [-0.05, 0) is 12.8 Å². The number of H-pyrrole nitrogens is 1. The van der Waals surface area contributed by atoms with Gasteiger partial charge in [0.15, 0.2) is 0 Å². The molecule has 1 aromatic heterocycles. The summed E-state index contributed by atoms with van der Waals surface area (Å²) in [5.41, 5.74) is 0.0957. The average Bonchev–Trinajstić information content (AvgIpc) is 2.56. The third kappa shape index (κ3) is 3.07. The monoisotopic (exact) mass is 284 g/mol. The number of rotatable bonds is 3. The largest absolute Gasteiger partial charge is 0.359 e. The number of nitrogens with zero attached hydrogens (tertiary/aromatic N) is 3. The zero-order valence-electron chi connectivity index (χ0n) is 10.9. The summed E-state index contributed by atoms with van der Waals surface area (Å²) in [6.07, 6.45) is 3.29. The molecule has 0 aromatic carbocycles. The van der Waals surface area contributed by atoms with Gasteiger partial charge in [0.25, 0.3) is 5.56 Å². The summed E-state index contributed by atoms with van der Waals surface area (Å²) in [7, 11) is 0. The minimum Gasteiger partial charge on any atom is -0.359 e. The van der Waals surface area contributed by atoms with E-state index in [2.05, 4.69) is 10.2 Å². The molecule has 1 aliphatic rings. The van der Waals surface area contributed by atoms with E-state index in [1.165, 1.54) is 6.20 Å².